The first-order valence-corrected chi connectivity index (χ1v) is 11.0. The van der Waals surface area contributed by atoms with Crippen LogP contribution in [0.5, 0.6) is 5.75 Å². The summed E-state index contributed by atoms with van der Waals surface area (Å²) in [5.74, 6) is 0.226. The molecule has 7 heteroatoms. The van der Waals surface area contributed by atoms with E-state index >= 15 is 0 Å². The van der Waals surface area contributed by atoms with Crippen LogP contribution < -0.4 is 4.74 Å². The third-order valence-electron chi connectivity index (χ3n) is 4.62. The lowest BCUT2D eigenvalue weighted by atomic mass is 10.2. The molecule has 0 radical (unpaired) electrons. The van der Waals surface area contributed by atoms with Gasteiger partial charge in [0.2, 0.25) is 0 Å². The lowest BCUT2D eigenvalue weighted by Crippen LogP contribution is -2.27. The highest BCUT2D eigenvalue weighted by Crippen LogP contribution is 2.35. The summed E-state index contributed by atoms with van der Waals surface area (Å²) in [5.41, 5.74) is 2.59. The number of carbonyl (C=O) groups excluding carboxylic acids is 2. The highest BCUT2D eigenvalue weighted by Gasteiger charge is 2.35. The van der Waals surface area contributed by atoms with Gasteiger partial charge in [0, 0.05) is 5.02 Å². The molecule has 1 heterocycles. The molecule has 4 nitrogen and oxygen atoms in total. The van der Waals surface area contributed by atoms with E-state index in [1.807, 2.05) is 30.3 Å². The molecular formula is C24H17Cl2NO3S. The maximum absolute atomic E-state index is 12.7. The predicted molar refractivity (Wildman–Crippen MR) is 125 cm³/mol. The van der Waals surface area contributed by atoms with E-state index in [0.29, 0.717) is 32.9 Å². The first kappa shape index (κ1) is 21.5. The Labute approximate surface area is 194 Å². The Hall–Kier alpha value is -2.73. The minimum atomic E-state index is -0.328. The third-order valence-corrected chi connectivity index (χ3v) is 6.07. The lowest BCUT2D eigenvalue weighted by Gasteiger charge is -2.12. The number of ether oxygens (including phenoxy) is 1. The molecule has 3 aromatic rings. The Bertz CT molecular complexity index is 1150. The van der Waals surface area contributed by atoms with Crippen molar-refractivity contribution in [1.82, 2.24) is 4.90 Å². The Balaban J connectivity index is 1.45. The highest BCUT2D eigenvalue weighted by atomic mass is 35.5. The van der Waals surface area contributed by atoms with Gasteiger partial charge in [0.25, 0.3) is 11.1 Å². The predicted octanol–water partition coefficient (Wildman–Crippen LogP) is 6.81. The molecule has 4 rings (SSSR count). The quantitative estimate of drug-likeness (QED) is 0.372. The molecule has 1 saturated heterocycles. The number of amides is 2. The molecular weight excluding hydrogens is 453 g/mol. The average Bonchev–Trinajstić information content (AvgIpc) is 3.03. The molecule has 0 spiro atoms. The molecule has 3 aromatic carbocycles. The summed E-state index contributed by atoms with van der Waals surface area (Å²) in [6.45, 7) is 0.607. The van der Waals surface area contributed by atoms with Crippen molar-refractivity contribution in [1.29, 1.82) is 0 Å². The molecule has 0 unspecified atom stereocenters. The first-order valence-electron chi connectivity index (χ1n) is 9.46. The number of imide groups is 1. The normalized spacial score (nSPS) is 15.0. The molecule has 31 heavy (non-hydrogen) atoms. The lowest BCUT2D eigenvalue weighted by molar-refractivity contribution is -0.123. The molecule has 156 valence electrons. The van der Waals surface area contributed by atoms with Gasteiger partial charge in [0.1, 0.15) is 12.4 Å². The number of nitrogens with zero attached hydrogens (tertiary/aromatic N) is 1. The summed E-state index contributed by atoms with van der Waals surface area (Å²) >= 11 is 13.2. The second kappa shape index (κ2) is 9.60. The largest absolute Gasteiger partial charge is 0.487 e. The van der Waals surface area contributed by atoms with Crippen molar-refractivity contribution in [2.75, 3.05) is 0 Å². The number of hydrogen-bond donors (Lipinski definition) is 0. The van der Waals surface area contributed by atoms with E-state index in [4.69, 9.17) is 27.9 Å². The second-order valence-corrected chi connectivity index (χ2v) is 8.70. The monoisotopic (exact) mass is 469 g/mol. The Kier molecular flexibility index (Phi) is 6.66. The SMILES string of the molecule is O=C1S/C(=C\c2ccc(OCc3ccccc3)c(Cl)c2)C(=O)N1Cc1ccc(Cl)cc1. The molecule has 0 N–H and O–H groups in total. The van der Waals surface area contributed by atoms with Crippen LogP contribution >= 0.6 is 35.0 Å². The smallest absolute Gasteiger partial charge is 0.293 e. The van der Waals surface area contributed by atoms with Crippen molar-refractivity contribution in [2.24, 2.45) is 0 Å². The fourth-order valence-corrected chi connectivity index (χ4v) is 4.23. The van der Waals surface area contributed by atoms with Gasteiger partial charge in [-0.15, -0.1) is 0 Å². The van der Waals surface area contributed by atoms with Crippen LogP contribution in [0.3, 0.4) is 0 Å². The van der Waals surface area contributed by atoms with E-state index in [-0.39, 0.29) is 17.7 Å². The van der Waals surface area contributed by atoms with E-state index in [1.165, 1.54) is 4.90 Å². The highest BCUT2D eigenvalue weighted by molar-refractivity contribution is 8.18. The summed E-state index contributed by atoms with van der Waals surface area (Å²) in [6, 6.07) is 22.1. The van der Waals surface area contributed by atoms with E-state index in [1.54, 1.807) is 48.5 Å². The number of thioether (sulfide) groups is 1. The summed E-state index contributed by atoms with van der Waals surface area (Å²) in [7, 11) is 0. The van der Waals surface area contributed by atoms with Gasteiger partial charge in [0.05, 0.1) is 16.5 Å². The number of halogens is 2. The van der Waals surface area contributed by atoms with Crippen LogP contribution in [-0.4, -0.2) is 16.0 Å². The standard InChI is InChI=1S/C24H17Cl2NO3S/c25-19-9-6-16(7-10-19)14-27-23(28)22(31-24(27)29)13-18-8-11-21(20(26)12-18)30-15-17-4-2-1-3-5-17/h1-13H,14-15H2/b22-13-. The fraction of sp³-hybridized carbons (Fsp3) is 0.0833. The van der Waals surface area contributed by atoms with Gasteiger partial charge in [-0.2, -0.15) is 0 Å². The summed E-state index contributed by atoms with van der Waals surface area (Å²) in [5, 5.41) is 0.732. The molecule has 0 aromatic heterocycles. The van der Waals surface area contributed by atoms with Crippen LogP contribution in [-0.2, 0) is 17.9 Å². The summed E-state index contributed by atoms with van der Waals surface area (Å²) < 4.78 is 5.78. The molecule has 0 aliphatic carbocycles. The molecule has 1 aliphatic rings. The van der Waals surface area contributed by atoms with Gasteiger partial charge in [-0.1, -0.05) is 71.7 Å². The maximum atomic E-state index is 12.7. The Morgan fingerprint density at radius 3 is 2.35 bits per heavy atom. The van der Waals surface area contributed by atoms with Crippen molar-refractivity contribution < 1.29 is 14.3 Å². The molecule has 1 aliphatic heterocycles. The van der Waals surface area contributed by atoms with Gasteiger partial charge in [-0.05, 0) is 58.8 Å². The zero-order chi connectivity index (χ0) is 21.8. The summed E-state index contributed by atoms with van der Waals surface area (Å²) in [6.07, 6.45) is 1.67. The van der Waals surface area contributed by atoms with Crippen molar-refractivity contribution in [3.05, 3.63) is 104 Å². The van der Waals surface area contributed by atoms with Crippen LogP contribution in [0, 0.1) is 0 Å². The maximum Gasteiger partial charge on any atom is 0.293 e. The fourth-order valence-electron chi connectivity index (χ4n) is 3.02. The van der Waals surface area contributed by atoms with Crippen LogP contribution in [0.4, 0.5) is 4.79 Å². The third kappa shape index (κ3) is 5.31. The Morgan fingerprint density at radius 1 is 0.903 bits per heavy atom. The number of rotatable bonds is 6. The van der Waals surface area contributed by atoms with Crippen molar-refractivity contribution in [3.63, 3.8) is 0 Å². The van der Waals surface area contributed by atoms with E-state index in [9.17, 15) is 9.59 Å². The minimum Gasteiger partial charge on any atom is -0.487 e. The van der Waals surface area contributed by atoms with Gasteiger partial charge < -0.3 is 4.74 Å². The van der Waals surface area contributed by atoms with E-state index in [0.717, 1.165) is 22.9 Å². The van der Waals surface area contributed by atoms with E-state index in [2.05, 4.69) is 0 Å². The Morgan fingerprint density at radius 2 is 1.65 bits per heavy atom. The van der Waals surface area contributed by atoms with Crippen LogP contribution in [0.25, 0.3) is 6.08 Å². The number of carbonyl (C=O) groups is 2. The zero-order valence-corrected chi connectivity index (χ0v) is 18.6. The zero-order valence-electron chi connectivity index (χ0n) is 16.3. The van der Waals surface area contributed by atoms with Crippen molar-refractivity contribution >= 4 is 52.2 Å². The van der Waals surface area contributed by atoms with Gasteiger partial charge >= 0.3 is 0 Å². The molecule has 0 saturated carbocycles. The summed E-state index contributed by atoms with van der Waals surface area (Å²) in [4.78, 5) is 26.7. The van der Waals surface area contributed by atoms with Crippen LogP contribution in [0.1, 0.15) is 16.7 Å². The molecule has 0 bridgehead atoms. The average molecular weight is 470 g/mol. The number of benzene rings is 3. The first-order chi connectivity index (χ1) is 15.0. The van der Waals surface area contributed by atoms with E-state index < -0.39 is 0 Å². The van der Waals surface area contributed by atoms with Gasteiger partial charge in [-0.3, -0.25) is 14.5 Å². The van der Waals surface area contributed by atoms with Crippen molar-refractivity contribution in [2.45, 2.75) is 13.2 Å². The molecule has 1 fully saturated rings. The van der Waals surface area contributed by atoms with Crippen LogP contribution in [0.15, 0.2) is 77.7 Å². The second-order valence-electron chi connectivity index (χ2n) is 6.86. The molecule has 0 atom stereocenters. The van der Waals surface area contributed by atoms with Gasteiger partial charge in [-0.25, -0.2) is 0 Å². The van der Waals surface area contributed by atoms with Crippen molar-refractivity contribution in [3.8, 4) is 5.75 Å². The topological polar surface area (TPSA) is 46.6 Å². The molecule has 2 amide bonds. The minimum absolute atomic E-state index is 0.201. The van der Waals surface area contributed by atoms with Gasteiger partial charge in [0.15, 0.2) is 0 Å². The number of hydrogen-bond acceptors (Lipinski definition) is 4. The van der Waals surface area contributed by atoms with Crippen LogP contribution in [0.2, 0.25) is 10.0 Å².